The van der Waals surface area contributed by atoms with E-state index in [4.69, 9.17) is 10.7 Å². The molecule has 0 aliphatic carbocycles. The van der Waals surface area contributed by atoms with Gasteiger partial charge in [-0.2, -0.15) is 0 Å². The summed E-state index contributed by atoms with van der Waals surface area (Å²) >= 11 is 2.91. The predicted molar refractivity (Wildman–Crippen MR) is 111 cm³/mol. The smallest absolute Gasteiger partial charge is 0.164 e. The molecule has 0 saturated carbocycles. The highest BCUT2D eigenvalue weighted by Gasteiger charge is 2.22. The maximum atomic E-state index is 12.7. The predicted octanol–water partition coefficient (Wildman–Crippen LogP) is 3.71. The van der Waals surface area contributed by atoms with Gasteiger partial charge < -0.3 is 10.3 Å². The third-order valence-corrected chi connectivity index (χ3v) is 7.95. The van der Waals surface area contributed by atoms with Gasteiger partial charge >= 0.3 is 0 Å². The molecule has 0 saturated heterocycles. The minimum atomic E-state index is -1.13. The average Bonchev–Trinajstić information content (AvgIpc) is 3.39. The Labute approximate surface area is 166 Å². The Hall–Kier alpha value is -2.17. The monoisotopic (exact) mass is 418 g/mol. The molecule has 1 atom stereocenters. The lowest BCUT2D eigenvalue weighted by molar-refractivity contribution is 0.681. The van der Waals surface area contributed by atoms with Crippen molar-refractivity contribution in [1.82, 2.24) is 24.7 Å². The van der Waals surface area contributed by atoms with Crippen molar-refractivity contribution < 1.29 is 4.21 Å². The van der Waals surface area contributed by atoms with Crippen molar-refractivity contribution in [2.24, 2.45) is 7.05 Å². The summed E-state index contributed by atoms with van der Waals surface area (Å²) in [5, 5.41) is 11.8. The minimum Gasteiger partial charge on any atom is -0.396 e. The van der Waals surface area contributed by atoms with Crippen molar-refractivity contribution in [2.45, 2.75) is 24.0 Å². The zero-order valence-electron chi connectivity index (χ0n) is 14.9. The molecule has 4 aromatic heterocycles. The first-order valence-corrected chi connectivity index (χ1v) is 11.5. The molecule has 10 heteroatoms. The topological polar surface area (TPSA) is 99.6 Å². The van der Waals surface area contributed by atoms with Gasteiger partial charge in [0, 0.05) is 35.3 Å². The van der Waals surface area contributed by atoms with Crippen LogP contribution in [0.3, 0.4) is 0 Å². The second-order valence-corrected chi connectivity index (χ2v) is 9.70. The number of unbranched alkanes of at least 4 members (excludes halogenated alkanes) is 1. The molecule has 0 bridgehead atoms. The van der Waals surface area contributed by atoms with E-state index in [0.29, 0.717) is 21.5 Å². The summed E-state index contributed by atoms with van der Waals surface area (Å²) in [6, 6.07) is 1.94. The van der Waals surface area contributed by atoms with Crippen LogP contribution < -0.4 is 5.73 Å². The van der Waals surface area contributed by atoms with Crippen molar-refractivity contribution in [3.05, 3.63) is 24.0 Å². The molecule has 7 nitrogen and oxygen atoms in total. The number of anilines is 1. The average molecular weight is 419 g/mol. The fourth-order valence-electron chi connectivity index (χ4n) is 2.80. The Morgan fingerprint density at radius 3 is 2.89 bits per heavy atom. The van der Waals surface area contributed by atoms with Crippen molar-refractivity contribution in [1.29, 1.82) is 0 Å². The summed E-state index contributed by atoms with van der Waals surface area (Å²) < 4.78 is 15.3. The summed E-state index contributed by atoms with van der Waals surface area (Å²) in [4.78, 5) is 9.87. The number of aryl methyl sites for hydroxylation is 1. The van der Waals surface area contributed by atoms with E-state index in [1.54, 1.807) is 12.5 Å². The van der Waals surface area contributed by atoms with Crippen molar-refractivity contribution >= 4 is 49.4 Å². The molecule has 0 fully saturated rings. The lowest BCUT2D eigenvalue weighted by Crippen LogP contribution is -1.99. The fourth-order valence-corrected chi connectivity index (χ4v) is 6.19. The number of thiazole rings is 1. The summed E-state index contributed by atoms with van der Waals surface area (Å²) in [7, 11) is 0.749. The highest BCUT2D eigenvalue weighted by atomic mass is 32.2. The van der Waals surface area contributed by atoms with E-state index in [1.165, 1.54) is 22.7 Å². The number of aromatic nitrogens is 5. The Morgan fingerprint density at radius 1 is 1.37 bits per heavy atom. The molecule has 0 spiro atoms. The number of nitrogen functional groups attached to an aromatic ring is 1. The van der Waals surface area contributed by atoms with Gasteiger partial charge in [0.2, 0.25) is 0 Å². The number of hydrogen-bond donors (Lipinski definition) is 1. The van der Waals surface area contributed by atoms with Gasteiger partial charge in [0.1, 0.15) is 26.1 Å². The number of rotatable bonds is 6. The fraction of sp³-hybridized carbons (Fsp3) is 0.294. The number of hydrogen-bond acceptors (Lipinski definition) is 8. The zero-order valence-corrected chi connectivity index (χ0v) is 17.3. The number of nitrogens with two attached hydrogens (primary N) is 1. The highest BCUT2D eigenvalue weighted by Crippen LogP contribution is 2.42. The first-order chi connectivity index (χ1) is 13.1. The lowest BCUT2D eigenvalue weighted by Gasteiger charge is -2.06. The summed E-state index contributed by atoms with van der Waals surface area (Å²) in [5.41, 5.74) is 8.56. The Balaban J connectivity index is 1.96. The van der Waals surface area contributed by atoms with Crippen LogP contribution in [0.15, 0.2) is 28.2 Å². The van der Waals surface area contributed by atoms with Crippen LogP contribution in [0.4, 0.5) is 5.69 Å². The quantitative estimate of drug-likeness (QED) is 0.512. The van der Waals surface area contributed by atoms with Crippen LogP contribution in [0.5, 0.6) is 0 Å². The SMILES string of the molecule is CCCCS(=O)c1sc2nc(-c3nccs3)cc(-c3nncn3C)c2c1N. The van der Waals surface area contributed by atoms with Crippen molar-refractivity contribution in [3.8, 4) is 22.1 Å². The molecule has 4 heterocycles. The van der Waals surface area contributed by atoms with Crippen LogP contribution >= 0.6 is 22.7 Å². The molecule has 0 aromatic carbocycles. The molecule has 0 radical (unpaired) electrons. The standard InChI is InChI=1S/C17H18N6OS3/c1-3-4-7-27(24)17-13(18)12-10(14-22-20-9-23(14)2)8-11(21-16(12)26-17)15-19-5-6-25-15/h5-6,8-9H,3-4,7,18H2,1-2H3. The van der Waals surface area contributed by atoms with Crippen molar-refractivity contribution in [2.75, 3.05) is 11.5 Å². The van der Waals surface area contributed by atoms with Crippen LogP contribution in [0.2, 0.25) is 0 Å². The Bertz CT molecular complexity index is 1120. The van der Waals surface area contributed by atoms with Gasteiger partial charge in [-0.1, -0.05) is 13.3 Å². The van der Waals surface area contributed by atoms with E-state index in [1.807, 2.05) is 23.1 Å². The first-order valence-electron chi connectivity index (χ1n) is 8.45. The van der Waals surface area contributed by atoms with Gasteiger partial charge in [-0.05, 0) is 12.5 Å². The van der Waals surface area contributed by atoms with Crippen LogP contribution in [0.1, 0.15) is 19.8 Å². The van der Waals surface area contributed by atoms with E-state index >= 15 is 0 Å². The van der Waals surface area contributed by atoms with Crippen LogP contribution in [0, 0.1) is 0 Å². The number of fused-ring (bicyclic) bond motifs is 1. The van der Waals surface area contributed by atoms with Crippen LogP contribution in [0.25, 0.3) is 32.3 Å². The van der Waals surface area contributed by atoms with E-state index < -0.39 is 10.8 Å². The molecule has 2 N–H and O–H groups in total. The van der Waals surface area contributed by atoms with Crippen LogP contribution in [-0.4, -0.2) is 34.7 Å². The molecule has 4 rings (SSSR count). The van der Waals surface area contributed by atoms with Gasteiger partial charge in [0.05, 0.1) is 16.5 Å². The molecule has 0 aliphatic heterocycles. The zero-order chi connectivity index (χ0) is 19.0. The van der Waals surface area contributed by atoms with E-state index in [-0.39, 0.29) is 0 Å². The van der Waals surface area contributed by atoms with Crippen LogP contribution in [-0.2, 0) is 17.8 Å². The minimum absolute atomic E-state index is 0.528. The van der Waals surface area contributed by atoms with Gasteiger partial charge in [0.15, 0.2) is 5.82 Å². The van der Waals surface area contributed by atoms with Gasteiger partial charge in [-0.25, -0.2) is 9.97 Å². The highest BCUT2D eigenvalue weighted by molar-refractivity contribution is 7.87. The molecule has 4 aromatic rings. The van der Waals surface area contributed by atoms with Crippen molar-refractivity contribution in [3.63, 3.8) is 0 Å². The molecular formula is C17H18N6OS3. The third kappa shape index (κ3) is 3.28. The molecular weight excluding hydrogens is 400 g/mol. The van der Waals surface area contributed by atoms with Gasteiger partial charge in [0.25, 0.3) is 0 Å². The summed E-state index contributed by atoms with van der Waals surface area (Å²) in [6.45, 7) is 2.08. The number of thiophene rings is 1. The second-order valence-electron chi connectivity index (χ2n) is 6.04. The molecule has 140 valence electrons. The van der Waals surface area contributed by atoms with Gasteiger partial charge in [-0.3, -0.25) is 4.21 Å². The Morgan fingerprint density at radius 2 is 2.22 bits per heavy atom. The number of nitrogens with zero attached hydrogens (tertiary/aromatic N) is 5. The molecule has 1 unspecified atom stereocenters. The van der Waals surface area contributed by atoms with E-state index in [0.717, 1.165) is 39.3 Å². The van der Waals surface area contributed by atoms with Gasteiger partial charge in [-0.15, -0.1) is 32.9 Å². The number of pyridine rings is 1. The molecule has 0 amide bonds. The second kappa shape index (κ2) is 7.45. The Kier molecular flexibility index (Phi) is 5.02. The maximum Gasteiger partial charge on any atom is 0.164 e. The van der Waals surface area contributed by atoms with E-state index in [2.05, 4.69) is 22.1 Å². The summed E-state index contributed by atoms with van der Waals surface area (Å²) in [6.07, 6.45) is 5.29. The lowest BCUT2D eigenvalue weighted by atomic mass is 10.1. The largest absolute Gasteiger partial charge is 0.396 e. The third-order valence-electron chi connectivity index (χ3n) is 4.16. The maximum absolute atomic E-state index is 12.7. The summed E-state index contributed by atoms with van der Waals surface area (Å²) in [5.74, 6) is 1.29. The first kappa shape index (κ1) is 18.2. The molecule has 27 heavy (non-hydrogen) atoms. The normalized spacial score (nSPS) is 12.7. The molecule has 0 aliphatic rings. The van der Waals surface area contributed by atoms with E-state index in [9.17, 15) is 4.21 Å².